The number of carbonyl (C=O) groups excluding carboxylic acids is 2. The van der Waals surface area contributed by atoms with Crippen LogP contribution < -0.4 is 10.2 Å². The van der Waals surface area contributed by atoms with Crippen molar-refractivity contribution in [3.8, 4) is 0 Å². The normalized spacial score (nSPS) is 13.6. The Balaban J connectivity index is 1.56. The summed E-state index contributed by atoms with van der Waals surface area (Å²) in [7, 11) is 0. The molecule has 1 N–H and O–H groups in total. The van der Waals surface area contributed by atoms with Crippen molar-refractivity contribution < 1.29 is 14.3 Å². The van der Waals surface area contributed by atoms with E-state index >= 15 is 0 Å². The van der Waals surface area contributed by atoms with Crippen LogP contribution in [0.5, 0.6) is 0 Å². The fourth-order valence-electron chi connectivity index (χ4n) is 3.64. The molecule has 0 bridgehead atoms. The van der Waals surface area contributed by atoms with E-state index in [0.29, 0.717) is 36.6 Å². The Morgan fingerprint density at radius 1 is 1.17 bits per heavy atom. The molecule has 0 saturated carbocycles. The van der Waals surface area contributed by atoms with Gasteiger partial charge in [-0.25, -0.2) is 4.79 Å². The molecular weight excluding hydrogens is 380 g/mol. The smallest absolute Gasteiger partial charge is 0.414 e. The summed E-state index contributed by atoms with van der Waals surface area (Å²) in [5.74, 6) is -0.0955. The van der Waals surface area contributed by atoms with Crippen LogP contribution in [0.4, 0.5) is 16.2 Å². The first-order valence-corrected chi connectivity index (χ1v) is 9.98. The topological polar surface area (TPSA) is 76.5 Å². The van der Waals surface area contributed by atoms with Gasteiger partial charge >= 0.3 is 6.09 Å². The van der Waals surface area contributed by atoms with Crippen molar-refractivity contribution in [3.63, 3.8) is 0 Å². The molecule has 7 heteroatoms. The molecule has 1 saturated heterocycles. The molecule has 30 heavy (non-hydrogen) atoms. The fourth-order valence-corrected chi connectivity index (χ4v) is 3.64. The number of aromatic nitrogens is 2. The number of cyclic esters (lactones) is 1. The first-order valence-electron chi connectivity index (χ1n) is 9.98. The number of nitrogens with one attached hydrogen (secondary N) is 1. The monoisotopic (exact) mass is 404 g/mol. The van der Waals surface area contributed by atoms with Crippen LogP contribution in [0, 0.1) is 0 Å². The van der Waals surface area contributed by atoms with E-state index in [-0.39, 0.29) is 17.9 Å². The predicted molar refractivity (Wildman–Crippen MR) is 115 cm³/mol. The predicted octanol–water partition coefficient (Wildman–Crippen LogP) is 4.26. The number of rotatable bonds is 6. The van der Waals surface area contributed by atoms with Crippen molar-refractivity contribution in [1.82, 2.24) is 9.78 Å². The SMILES string of the molecule is CC(C)c1c(C(=O)Nc2cccc(N3CCOC3=O)c2)cnn1Cc1ccccc1. The number of amides is 2. The lowest BCUT2D eigenvalue weighted by atomic mass is 10.0. The highest BCUT2D eigenvalue weighted by Gasteiger charge is 2.24. The van der Waals surface area contributed by atoms with Crippen LogP contribution in [0.1, 0.15) is 41.4 Å². The Morgan fingerprint density at radius 2 is 1.97 bits per heavy atom. The van der Waals surface area contributed by atoms with Gasteiger partial charge in [0.05, 0.1) is 30.5 Å². The lowest BCUT2D eigenvalue weighted by molar-refractivity contribution is 0.102. The molecule has 1 fully saturated rings. The van der Waals surface area contributed by atoms with E-state index in [9.17, 15) is 9.59 Å². The maximum absolute atomic E-state index is 13.0. The summed E-state index contributed by atoms with van der Waals surface area (Å²) in [4.78, 5) is 26.4. The van der Waals surface area contributed by atoms with Crippen molar-refractivity contribution in [1.29, 1.82) is 0 Å². The van der Waals surface area contributed by atoms with Crippen molar-refractivity contribution >= 4 is 23.4 Å². The second-order valence-corrected chi connectivity index (χ2v) is 7.51. The second kappa shape index (κ2) is 8.41. The average Bonchev–Trinajstić information content (AvgIpc) is 3.35. The number of hydrogen-bond donors (Lipinski definition) is 1. The molecule has 1 aromatic heterocycles. The van der Waals surface area contributed by atoms with Crippen LogP contribution in [0.25, 0.3) is 0 Å². The first-order chi connectivity index (χ1) is 14.5. The molecule has 0 radical (unpaired) electrons. The molecule has 1 aliphatic heterocycles. The van der Waals surface area contributed by atoms with Crippen LogP contribution in [0.2, 0.25) is 0 Å². The third-order valence-corrected chi connectivity index (χ3v) is 5.02. The summed E-state index contributed by atoms with van der Waals surface area (Å²) in [5.41, 5.74) is 3.86. The van der Waals surface area contributed by atoms with Crippen molar-refractivity contribution in [2.45, 2.75) is 26.3 Å². The van der Waals surface area contributed by atoms with E-state index in [4.69, 9.17) is 4.74 Å². The molecule has 2 aromatic carbocycles. The molecule has 2 amide bonds. The standard InChI is InChI=1S/C23H24N4O3/c1-16(2)21-20(14-24-27(21)15-17-7-4-3-5-8-17)22(28)25-18-9-6-10-19(13-18)26-11-12-30-23(26)29/h3-10,13-14,16H,11-12,15H2,1-2H3,(H,25,28). The summed E-state index contributed by atoms with van der Waals surface area (Å²) in [5, 5.41) is 7.41. The van der Waals surface area contributed by atoms with E-state index in [1.165, 1.54) is 0 Å². The fraction of sp³-hybridized carbons (Fsp3) is 0.261. The highest BCUT2D eigenvalue weighted by atomic mass is 16.6. The molecule has 154 valence electrons. The summed E-state index contributed by atoms with van der Waals surface area (Å²) in [6.07, 6.45) is 1.25. The minimum Gasteiger partial charge on any atom is -0.447 e. The summed E-state index contributed by atoms with van der Waals surface area (Å²) < 4.78 is 6.87. The van der Waals surface area contributed by atoms with Gasteiger partial charge in [-0.15, -0.1) is 0 Å². The Kier molecular flexibility index (Phi) is 5.52. The van der Waals surface area contributed by atoms with Crippen molar-refractivity contribution in [2.75, 3.05) is 23.4 Å². The lowest BCUT2D eigenvalue weighted by Crippen LogP contribution is -2.23. The minimum absolute atomic E-state index is 0.127. The number of hydrogen-bond acceptors (Lipinski definition) is 4. The molecule has 3 aromatic rings. The Labute approximate surface area is 175 Å². The van der Waals surface area contributed by atoms with Gasteiger partial charge in [-0.1, -0.05) is 50.2 Å². The highest BCUT2D eigenvalue weighted by Crippen LogP contribution is 2.25. The zero-order valence-corrected chi connectivity index (χ0v) is 17.0. The second-order valence-electron chi connectivity index (χ2n) is 7.51. The summed E-state index contributed by atoms with van der Waals surface area (Å²) >= 11 is 0. The van der Waals surface area contributed by atoms with Gasteiger partial charge in [0.25, 0.3) is 5.91 Å². The number of benzene rings is 2. The van der Waals surface area contributed by atoms with Crippen LogP contribution in [0.15, 0.2) is 60.8 Å². The number of ether oxygens (including phenoxy) is 1. The van der Waals surface area contributed by atoms with Gasteiger partial charge in [0, 0.05) is 11.4 Å². The van der Waals surface area contributed by atoms with Gasteiger partial charge in [0.1, 0.15) is 6.61 Å². The van der Waals surface area contributed by atoms with E-state index in [0.717, 1.165) is 11.3 Å². The molecule has 4 rings (SSSR count). The number of nitrogens with zero attached hydrogens (tertiary/aromatic N) is 3. The molecule has 0 unspecified atom stereocenters. The van der Waals surface area contributed by atoms with Crippen molar-refractivity contribution in [2.24, 2.45) is 0 Å². The molecule has 1 aliphatic rings. The maximum Gasteiger partial charge on any atom is 0.414 e. The molecule has 0 spiro atoms. The molecule has 0 atom stereocenters. The van der Waals surface area contributed by atoms with Crippen LogP contribution in [-0.4, -0.2) is 34.9 Å². The zero-order chi connectivity index (χ0) is 21.1. The van der Waals surface area contributed by atoms with Crippen LogP contribution in [0.3, 0.4) is 0 Å². The quantitative estimate of drug-likeness (QED) is 0.666. The highest BCUT2D eigenvalue weighted by molar-refractivity contribution is 6.05. The van der Waals surface area contributed by atoms with E-state index < -0.39 is 0 Å². The van der Waals surface area contributed by atoms with E-state index in [2.05, 4.69) is 24.3 Å². The van der Waals surface area contributed by atoms with Crippen LogP contribution >= 0.6 is 0 Å². The zero-order valence-electron chi connectivity index (χ0n) is 17.0. The number of carbonyl (C=O) groups is 2. The maximum atomic E-state index is 13.0. The first kappa shape index (κ1) is 19.7. The van der Waals surface area contributed by atoms with Gasteiger partial charge in [-0.3, -0.25) is 14.4 Å². The Hall–Kier alpha value is -3.61. The third-order valence-electron chi connectivity index (χ3n) is 5.02. The number of anilines is 2. The van der Waals surface area contributed by atoms with Gasteiger partial charge in [-0.05, 0) is 29.7 Å². The molecular formula is C23H24N4O3. The summed E-state index contributed by atoms with van der Waals surface area (Å²) in [6.45, 7) is 5.58. The van der Waals surface area contributed by atoms with Gasteiger partial charge < -0.3 is 10.1 Å². The van der Waals surface area contributed by atoms with Crippen molar-refractivity contribution in [3.05, 3.63) is 77.6 Å². The average molecular weight is 404 g/mol. The summed E-state index contributed by atoms with van der Waals surface area (Å²) in [6, 6.07) is 17.2. The Morgan fingerprint density at radius 3 is 2.67 bits per heavy atom. The van der Waals surface area contributed by atoms with Gasteiger partial charge in [0.15, 0.2) is 0 Å². The van der Waals surface area contributed by atoms with E-state index in [1.54, 1.807) is 29.3 Å². The largest absolute Gasteiger partial charge is 0.447 e. The lowest BCUT2D eigenvalue weighted by Gasteiger charge is -2.15. The van der Waals surface area contributed by atoms with Gasteiger partial charge in [-0.2, -0.15) is 5.10 Å². The minimum atomic E-state index is -0.372. The van der Waals surface area contributed by atoms with E-state index in [1.807, 2.05) is 41.1 Å². The Bertz CT molecular complexity index is 1060. The molecule has 0 aliphatic carbocycles. The van der Waals surface area contributed by atoms with Gasteiger partial charge in [0.2, 0.25) is 0 Å². The molecule has 7 nitrogen and oxygen atoms in total. The third kappa shape index (κ3) is 4.05. The van der Waals surface area contributed by atoms with Crippen LogP contribution in [-0.2, 0) is 11.3 Å². The molecule has 2 heterocycles.